The molecule has 1 aliphatic rings. The fourth-order valence-electron chi connectivity index (χ4n) is 3.03. The lowest BCUT2D eigenvalue weighted by atomic mass is 9.94. The molecular formula is C16H27N3. The van der Waals surface area contributed by atoms with Crippen LogP contribution in [0.1, 0.15) is 49.9 Å². The van der Waals surface area contributed by atoms with Gasteiger partial charge in [-0.05, 0) is 44.9 Å². The SMILES string of the molecule is Cc1cccc(CN(CCCN)C2CCCCC2)n1. The molecule has 106 valence electrons. The molecule has 1 saturated carbocycles. The van der Waals surface area contributed by atoms with Gasteiger partial charge in [-0.1, -0.05) is 25.3 Å². The van der Waals surface area contributed by atoms with Gasteiger partial charge in [0.1, 0.15) is 0 Å². The zero-order valence-corrected chi connectivity index (χ0v) is 12.1. The van der Waals surface area contributed by atoms with E-state index >= 15 is 0 Å². The Morgan fingerprint density at radius 1 is 1.26 bits per heavy atom. The molecule has 0 saturated heterocycles. The van der Waals surface area contributed by atoms with Gasteiger partial charge in [0, 0.05) is 24.8 Å². The van der Waals surface area contributed by atoms with Crippen molar-refractivity contribution in [1.82, 2.24) is 9.88 Å². The van der Waals surface area contributed by atoms with Crippen LogP contribution in [0.15, 0.2) is 18.2 Å². The monoisotopic (exact) mass is 261 g/mol. The molecule has 19 heavy (non-hydrogen) atoms. The molecule has 1 aromatic heterocycles. The van der Waals surface area contributed by atoms with E-state index in [4.69, 9.17) is 5.73 Å². The van der Waals surface area contributed by atoms with Crippen LogP contribution in [0.3, 0.4) is 0 Å². The molecule has 0 spiro atoms. The van der Waals surface area contributed by atoms with Gasteiger partial charge in [0.15, 0.2) is 0 Å². The van der Waals surface area contributed by atoms with Crippen molar-refractivity contribution >= 4 is 0 Å². The van der Waals surface area contributed by atoms with Crippen LogP contribution in [0, 0.1) is 6.92 Å². The zero-order chi connectivity index (χ0) is 13.5. The van der Waals surface area contributed by atoms with Crippen molar-refractivity contribution in [3.63, 3.8) is 0 Å². The van der Waals surface area contributed by atoms with Gasteiger partial charge in [0.2, 0.25) is 0 Å². The minimum Gasteiger partial charge on any atom is -0.330 e. The van der Waals surface area contributed by atoms with Crippen molar-refractivity contribution in [2.75, 3.05) is 13.1 Å². The van der Waals surface area contributed by atoms with E-state index in [2.05, 4.69) is 35.0 Å². The van der Waals surface area contributed by atoms with E-state index in [-0.39, 0.29) is 0 Å². The predicted molar refractivity (Wildman–Crippen MR) is 79.9 cm³/mol. The van der Waals surface area contributed by atoms with Crippen LogP contribution < -0.4 is 5.73 Å². The van der Waals surface area contributed by atoms with Crippen LogP contribution in [0.25, 0.3) is 0 Å². The molecule has 2 rings (SSSR count). The first-order chi connectivity index (χ1) is 9.29. The quantitative estimate of drug-likeness (QED) is 0.856. The first-order valence-electron chi connectivity index (χ1n) is 7.66. The lowest BCUT2D eigenvalue weighted by Crippen LogP contribution is -2.37. The van der Waals surface area contributed by atoms with Crippen molar-refractivity contribution in [2.45, 2.75) is 58.0 Å². The third-order valence-electron chi connectivity index (χ3n) is 4.05. The fourth-order valence-corrected chi connectivity index (χ4v) is 3.03. The van der Waals surface area contributed by atoms with Gasteiger partial charge in [-0.15, -0.1) is 0 Å². The summed E-state index contributed by atoms with van der Waals surface area (Å²) >= 11 is 0. The molecule has 3 nitrogen and oxygen atoms in total. The van der Waals surface area contributed by atoms with Crippen LogP contribution in [-0.4, -0.2) is 29.0 Å². The molecule has 2 N–H and O–H groups in total. The maximum Gasteiger partial charge on any atom is 0.0547 e. The maximum absolute atomic E-state index is 5.68. The number of nitrogens with two attached hydrogens (primary N) is 1. The number of rotatable bonds is 6. The highest BCUT2D eigenvalue weighted by Gasteiger charge is 2.21. The van der Waals surface area contributed by atoms with E-state index in [1.54, 1.807) is 0 Å². The van der Waals surface area contributed by atoms with E-state index in [0.29, 0.717) is 0 Å². The summed E-state index contributed by atoms with van der Waals surface area (Å²) in [4.78, 5) is 7.25. The topological polar surface area (TPSA) is 42.1 Å². The lowest BCUT2D eigenvalue weighted by Gasteiger charge is -2.34. The Bertz CT molecular complexity index is 372. The molecule has 1 aromatic rings. The Morgan fingerprint density at radius 2 is 2.05 bits per heavy atom. The molecule has 0 amide bonds. The smallest absolute Gasteiger partial charge is 0.0547 e. The van der Waals surface area contributed by atoms with E-state index in [0.717, 1.165) is 37.8 Å². The van der Waals surface area contributed by atoms with E-state index < -0.39 is 0 Å². The first-order valence-corrected chi connectivity index (χ1v) is 7.66. The third kappa shape index (κ3) is 4.59. The molecule has 3 heteroatoms. The van der Waals surface area contributed by atoms with Crippen LogP contribution >= 0.6 is 0 Å². The van der Waals surface area contributed by atoms with Gasteiger partial charge >= 0.3 is 0 Å². The molecule has 0 aromatic carbocycles. The van der Waals surface area contributed by atoms with Crippen LogP contribution in [0.2, 0.25) is 0 Å². The molecule has 0 bridgehead atoms. The zero-order valence-electron chi connectivity index (χ0n) is 12.1. The number of aromatic nitrogens is 1. The summed E-state index contributed by atoms with van der Waals surface area (Å²) in [6.45, 7) is 4.93. The second-order valence-electron chi connectivity index (χ2n) is 5.67. The third-order valence-corrected chi connectivity index (χ3v) is 4.05. The number of aryl methyl sites for hydroxylation is 1. The van der Waals surface area contributed by atoms with Gasteiger partial charge < -0.3 is 5.73 Å². The summed E-state index contributed by atoms with van der Waals surface area (Å²) < 4.78 is 0. The van der Waals surface area contributed by atoms with Gasteiger partial charge in [0.05, 0.1) is 5.69 Å². The first kappa shape index (κ1) is 14.5. The summed E-state index contributed by atoms with van der Waals surface area (Å²) in [5, 5.41) is 0. The fraction of sp³-hybridized carbons (Fsp3) is 0.688. The molecule has 0 atom stereocenters. The molecule has 0 radical (unpaired) electrons. The normalized spacial score (nSPS) is 17.0. The predicted octanol–water partition coefficient (Wildman–Crippen LogP) is 2.87. The summed E-state index contributed by atoms with van der Waals surface area (Å²) in [7, 11) is 0. The summed E-state index contributed by atoms with van der Waals surface area (Å²) in [6.07, 6.45) is 7.94. The van der Waals surface area contributed by atoms with Crippen LogP contribution in [0.4, 0.5) is 0 Å². The van der Waals surface area contributed by atoms with Crippen molar-refractivity contribution in [1.29, 1.82) is 0 Å². The highest BCUT2D eigenvalue weighted by atomic mass is 15.2. The Kier molecular flexibility index (Phi) is 5.80. The van der Waals surface area contributed by atoms with E-state index in [1.807, 2.05) is 0 Å². The molecular weight excluding hydrogens is 234 g/mol. The Balaban J connectivity index is 1.99. The summed E-state index contributed by atoms with van der Waals surface area (Å²) in [6, 6.07) is 7.06. The minimum atomic E-state index is 0.739. The molecule has 1 fully saturated rings. The molecule has 0 unspecified atom stereocenters. The van der Waals surface area contributed by atoms with Gasteiger partial charge in [-0.3, -0.25) is 9.88 Å². The number of nitrogens with zero attached hydrogens (tertiary/aromatic N) is 2. The van der Waals surface area contributed by atoms with Crippen LogP contribution in [0.5, 0.6) is 0 Å². The van der Waals surface area contributed by atoms with Crippen molar-refractivity contribution < 1.29 is 0 Å². The second kappa shape index (κ2) is 7.61. The van der Waals surface area contributed by atoms with E-state index in [9.17, 15) is 0 Å². The van der Waals surface area contributed by atoms with Crippen molar-refractivity contribution in [3.8, 4) is 0 Å². The van der Waals surface area contributed by atoms with E-state index in [1.165, 1.54) is 37.8 Å². The molecule has 1 heterocycles. The largest absolute Gasteiger partial charge is 0.330 e. The van der Waals surface area contributed by atoms with Crippen molar-refractivity contribution in [2.24, 2.45) is 5.73 Å². The van der Waals surface area contributed by atoms with Gasteiger partial charge in [-0.2, -0.15) is 0 Å². The van der Waals surface area contributed by atoms with Crippen LogP contribution in [-0.2, 0) is 6.54 Å². The minimum absolute atomic E-state index is 0.739. The highest BCUT2D eigenvalue weighted by Crippen LogP contribution is 2.24. The highest BCUT2D eigenvalue weighted by molar-refractivity contribution is 5.10. The average molecular weight is 261 g/mol. The average Bonchev–Trinajstić information content (AvgIpc) is 2.44. The molecule has 1 aliphatic carbocycles. The summed E-state index contributed by atoms with van der Waals surface area (Å²) in [5.41, 5.74) is 7.99. The lowest BCUT2D eigenvalue weighted by molar-refractivity contribution is 0.145. The Hall–Kier alpha value is -0.930. The second-order valence-corrected chi connectivity index (χ2v) is 5.67. The standard InChI is InChI=1S/C16H27N3/c1-14-7-5-8-15(18-14)13-19(12-6-11-17)16-9-3-2-4-10-16/h5,7-8,16H,2-4,6,9-13,17H2,1H3. The van der Waals surface area contributed by atoms with Gasteiger partial charge in [-0.25, -0.2) is 0 Å². The summed E-state index contributed by atoms with van der Waals surface area (Å²) in [5.74, 6) is 0. The number of hydrogen-bond donors (Lipinski definition) is 1. The maximum atomic E-state index is 5.68. The van der Waals surface area contributed by atoms with Crippen molar-refractivity contribution in [3.05, 3.63) is 29.6 Å². The van der Waals surface area contributed by atoms with Gasteiger partial charge in [0.25, 0.3) is 0 Å². The number of hydrogen-bond acceptors (Lipinski definition) is 3. The number of pyridine rings is 1. The Morgan fingerprint density at radius 3 is 2.74 bits per heavy atom. The molecule has 0 aliphatic heterocycles. The Labute approximate surface area is 117 Å².